The minimum Gasteiger partial charge on any atom is -0.377 e. The van der Waals surface area contributed by atoms with Crippen molar-refractivity contribution in [2.75, 3.05) is 38.6 Å². The molecule has 0 aromatic heterocycles. The van der Waals surface area contributed by atoms with Gasteiger partial charge in [0.2, 0.25) is 11.8 Å². The summed E-state index contributed by atoms with van der Waals surface area (Å²) < 4.78 is 0. The van der Waals surface area contributed by atoms with Crippen LogP contribution in [0.5, 0.6) is 0 Å². The predicted molar refractivity (Wildman–Crippen MR) is 143 cm³/mol. The molecule has 2 fully saturated rings. The predicted octanol–water partition coefficient (Wildman–Crippen LogP) is 2.93. The van der Waals surface area contributed by atoms with Crippen LogP contribution < -0.4 is 15.5 Å². The van der Waals surface area contributed by atoms with Gasteiger partial charge in [-0.1, -0.05) is 24.3 Å². The number of allylic oxidation sites excluding steroid dienone is 2. The fraction of sp³-hybridized carbons (Fsp3) is 0.560. The molecule has 4 rings (SSSR count). The molecule has 2 N–H and O–H groups in total. The number of benzene rings is 1. The molecule has 1 aromatic rings. The third-order valence-electron chi connectivity index (χ3n) is 6.89. The molecule has 33 heavy (non-hydrogen) atoms. The van der Waals surface area contributed by atoms with E-state index in [9.17, 15) is 9.59 Å². The Hall–Kier alpha value is -2.10. The van der Waals surface area contributed by atoms with Gasteiger partial charge < -0.3 is 15.5 Å². The largest absolute Gasteiger partial charge is 0.377 e. The minimum absolute atomic E-state index is 0. The highest BCUT2D eigenvalue weighted by atomic mass is 127. The van der Waals surface area contributed by atoms with Crippen molar-refractivity contribution >= 4 is 47.4 Å². The lowest BCUT2D eigenvalue weighted by atomic mass is 9.85. The van der Waals surface area contributed by atoms with E-state index in [1.165, 1.54) is 21.7 Å². The molecule has 7 nitrogen and oxygen atoms in total. The summed E-state index contributed by atoms with van der Waals surface area (Å²) in [6.07, 6.45) is 5.95. The normalized spacial score (nSPS) is 25.3. The van der Waals surface area contributed by atoms with Crippen molar-refractivity contribution in [3.8, 4) is 0 Å². The lowest BCUT2D eigenvalue weighted by Gasteiger charge is -2.19. The zero-order valence-corrected chi connectivity index (χ0v) is 22.3. The van der Waals surface area contributed by atoms with Gasteiger partial charge in [-0.05, 0) is 55.7 Å². The average Bonchev–Trinajstić information content (AvgIpc) is 3.44. The number of aliphatic imine (C=N–C) groups is 1. The van der Waals surface area contributed by atoms with Gasteiger partial charge in [-0.25, -0.2) is 4.99 Å². The number of fused-ring (bicyclic) bond motifs is 5. The Bertz CT molecular complexity index is 915. The second kappa shape index (κ2) is 10.9. The summed E-state index contributed by atoms with van der Waals surface area (Å²) in [7, 11) is 4.09. The van der Waals surface area contributed by atoms with Gasteiger partial charge in [0.1, 0.15) is 0 Å². The molecule has 2 aliphatic carbocycles. The maximum atomic E-state index is 12.8. The van der Waals surface area contributed by atoms with E-state index in [1.807, 2.05) is 21.0 Å². The number of imide groups is 1. The summed E-state index contributed by atoms with van der Waals surface area (Å²) in [6, 6.07) is 6.41. The molecule has 4 atom stereocenters. The van der Waals surface area contributed by atoms with Gasteiger partial charge in [-0.2, -0.15) is 0 Å². The third kappa shape index (κ3) is 5.20. The van der Waals surface area contributed by atoms with Crippen LogP contribution in [0.15, 0.2) is 35.3 Å². The number of anilines is 1. The number of hydrogen-bond acceptors (Lipinski definition) is 4. The van der Waals surface area contributed by atoms with Crippen LogP contribution in [0.4, 0.5) is 5.69 Å². The first-order valence-electron chi connectivity index (χ1n) is 11.7. The maximum Gasteiger partial charge on any atom is 0.233 e. The van der Waals surface area contributed by atoms with E-state index in [0.717, 1.165) is 18.9 Å². The first-order chi connectivity index (χ1) is 15.4. The van der Waals surface area contributed by atoms with E-state index in [2.05, 4.69) is 52.8 Å². The molecule has 3 aliphatic rings. The summed E-state index contributed by atoms with van der Waals surface area (Å²) in [6.45, 7) is 6.60. The first kappa shape index (κ1) is 25.5. The highest BCUT2D eigenvalue weighted by Gasteiger charge is 2.58. The third-order valence-corrected chi connectivity index (χ3v) is 6.89. The fourth-order valence-corrected chi connectivity index (χ4v) is 5.36. The first-order valence-corrected chi connectivity index (χ1v) is 11.7. The van der Waals surface area contributed by atoms with Gasteiger partial charge in [0, 0.05) is 39.4 Å². The Morgan fingerprint density at radius 1 is 1.12 bits per heavy atom. The van der Waals surface area contributed by atoms with Crippen LogP contribution in [0.1, 0.15) is 30.9 Å². The van der Waals surface area contributed by atoms with Crippen LogP contribution >= 0.6 is 24.0 Å². The minimum atomic E-state index is -0.107. The van der Waals surface area contributed by atoms with E-state index in [1.54, 1.807) is 0 Å². The highest BCUT2D eigenvalue weighted by Crippen LogP contribution is 2.52. The molecule has 1 saturated heterocycles. The molecule has 8 heteroatoms. The van der Waals surface area contributed by atoms with Crippen molar-refractivity contribution in [2.24, 2.45) is 28.7 Å². The zero-order valence-electron chi connectivity index (χ0n) is 20.0. The smallest absolute Gasteiger partial charge is 0.233 e. The lowest BCUT2D eigenvalue weighted by Crippen LogP contribution is -2.40. The number of amides is 2. The molecule has 2 amide bonds. The number of rotatable bonds is 8. The molecule has 1 saturated carbocycles. The number of nitrogens with one attached hydrogen (secondary N) is 2. The van der Waals surface area contributed by atoms with Gasteiger partial charge in [0.25, 0.3) is 0 Å². The monoisotopic (exact) mass is 565 g/mol. The van der Waals surface area contributed by atoms with E-state index in [0.29, 0.717) is 26.1 Å². The Kier molecular flexibility index (Phi) is 8.42. The summed E-state index contributed by atoms with van der Waals surface area (Å²) in [4.78, 5) is 34.0. The number of aryl methyl sites for hydroxylation is 1. The molecule has 1 aromatic carbocycles. The molecule has 4 unspecified atom stereocenters. The van der Waals surface area contributed by atoms with Crippen molar-refractivity contribution in [1.82, 2.24) is 15.5 Å². The zero-order chi connectivity index (χ0) is 22.8. The van der Waals surface area contributed by atoms with Gasteiger partial charge in [0.05, 0.1) is 18.4 Å². The topological polar surface area (TPSA) is 77.0 Å². The molecular formula is C25H36IN5O2. The molecule has 1 heterocycles. The second-order valence-electron chi connectivity index (χ2n) is 9.33. The summed E-state index contributed by atoms with van der Waals surface area (Å²) in [5.41, 5.74) is 3.57. The Morgan fingerprint density at radius 3 is 2.39 bits per heavy atom. The number of carbonyl (C=O) groups excluding carboxylic acids is 2. The van der Waals surface area contributed by atoms with Crippen molar-refractivity contribution in [2.45, 2.75) is 33.2 Å². The molecule has 1 aliphatic heterocycles. The van der Waals surface area contributed by atoms with Crippen molar-refractivity contribution in [1.29, 1.82) is 0 Å². The SMILES string of the molecule is CCNC(=NCc1ccc(C)cc1N(C)C)NCCCN1C(=O)C2C3C=CC(C3)C2C1=O.I. The van der Waals surface area contributed by atoms with E-state index >= 15 is 0 Å². The second-order valence-corrected chi connectivity index (χ2v) is 9.33. The van der Waals surface area contributed by atoms with Crippen LogP contribution in [0.2, 0.25) is 0 Å². The lowest BCUT2D eigenvalue weighted by molar-refractivity contribution is -0.140. The Labute approximate surface area is 214 Å². The quantitative estimate of drug-likeness (QED) is 0.127. The Morgan fingerprint density at radius 2 is 1.79 bits per heavy atom. The summed E-state index contributed by atoms with van der Waals surface area (Å²) >= 11 is 0. The number of nitrogens with zero attached hydrogens (tertiary/aromatic N) is 3. The van der Waals surface area contributed by atoms with E-state index in [4.69, 9.17) is 4.99 Å². The van der Waals surface area contributed by atoms with Crippen LogP contribution in [0.3, 0.4) is 0 Å². The molecule has 180 valence electrons. The number of carbonyl (C=O) groups is 2. The van der Waals surface area contributed by atoms with Gasteiger partial charge in [-0.3, -0.25) is 14.5 Å². The van der Waals surface area contributed by atoms with Crippen LogP contribution in [0, 0.1) is 30.6 Å². The van der Waals surface area contributed by atoms with Crippen molar-refractivity contribution in [3.05, 3.63) is 41.5 Å². The van der Waals surface area contributed by atoms with Gasteiger partial charge >= 0.3 is 0 Å². The molecule has 0 spiro atoms. The van der Waals surface area contributed by atoms with Crippen LogP contribution in [0.25, 0.3) is 0 Å². The summed E-state index contributed by atoms with van der Waals surface area (Å²) in [5.74, 6) is 1.14. The Balaban J connectivity index is 0.00000306. The van der Waals surface area contributed by atoms with E-state index < -0.39 is 0 Å². The van der Waals surface area contributed by atoms with Gasteiger partial charge in [-0.15, -0.1) is 24.0 Å². The van der Waals surface area contributed by atoms with E-state index in [-0.39, 0.29) is 59.5 Å². The van der Waals surface area contributed by atoms with Crippen molar-refractivity contribution in [3.63, 3.8) is 0 Å². The standard InChI is InChI=1S/C25H35N5O2.HI/c1-5-26-25(28-15-19-8-7-16(2)13-20(19)29(3)4)27-11-6-12-30-23(31)21-17-9-10-18(14-17)22(21)24(30)32;/h7-10,13,17-18,21-22H,5-6,11-12,14-15H2,1-4H3,(H2,26,27,28);1H. The van der Waals surface area contributed by atoms with Crippen LogP contribution in [-0.2, 0) is 16.1 Å². The molecule has 2 bridgehead atoms. The summed E-state index contributed by atoms with van der Waals surface area (Å²) in [5, 5.41) is 6.63. The number of hydrogen-bond donors (Lipinski definition) is 2. The highest BCUT2D eigenvalue weighted by molar-refractivity contribution is 14.0. The number of halogens is 1. The molecular weight excluding hydrogens is 529 g/mol. The number of guanidine groups is 1. The maximum absolute atomic E-state index is 12.8. The van der Waals surface area contributed by atoms with Gasteiger partial charge in [0.15, 0.2) is 5.96 Å². The van der Waals surface area contributed by atoms with Crippen molar-refractivity contribution < 1.29 is 9.59 Å². The number of likely N-dealkylation sites (tertiary alicyclic amines) is 1. The fourth-order valence-electron chi connectivity index (χ4n) is 5.36. The molecule has 0 radical (unpaired) electrons. The van der Waals surface area contributed by atoms with Crippen LogP contribution in [-0.4, -0.2) is 56.4 Å². The average molecular weight is 566 g/mol.